The molecule has 12 heteroatoms. The van der Waals surface area contributed by atoms with E-state index in [1.54, 1.807) is 0 Å². The first-order valence-electron chi connectivity index (χ1n) is 32.2. The summed E-state index contributed by atoms with van der Waals surface area (Å²) in [5.41, 5.74) is 0. The molecular weight excluding hydrogens is 1020 g/mol. The molecule has 6 unspecified atom stereocenters. The van der Waals surface area contributed by atoms with E-state index in [0.717, 1.165) is 122 Å². The molecule has 0 aliphatic carbocycles. The summed E-state index contributed by atoms with van der Waals surface area (Å²) >= 11 is 0. The number of carboxylic acids is 1. The zero-order valence-corrected chi connectivity index (χ0v) is 51.0. The highest BCUT2D eigenvalue weighted by Gasteiger charge is 2.50. The lowest BCUT2D eigenvalue weighted by Crippen LogP contribution is -2.61. The molecule has 12 nitrogen and oxygen atoms in total. The maximum Gasteiger partial charge on any atom is 0.335 e. The van der Waals surface area contributed by atoms with Crippen molar-refractivity contribution >= 4 is 23.9 Å². The van der Waals surface area contributed by atoms with Gasteiger partial charge in [-0.05, 0) is 89.9 Å². The van der Waals surface area contributed by atoms with E-state index in [1.807, 2.05) is 12.2 Å². The Morgan fingerprint density at radius 3 is 1.26 bits per heavy atom. The fourth-order valence-electron chi connectivity index (χ4n) is 9.25. The zero-order valence-electron chi connectivity index (χ0n) is 51.0. The first-order chi connectivity index (χ1) is 39.6. The monoisotopic (exact) mass is 1130 g/mol. The molecule has 0 aromatic heterocycles. The number of ether oxygens (including phenoxy) is 5. The maximum absolute atomic E-state index is 13.2. The second-order valence-electron chi connectivity index (χ2n) is 21.7. The number of hydrogen-bond donors (Lipinski definition) is 3. The van der Waals surface area contributed by atoms with Crippen molar-refractivity contribution in [3.8, 4) is 0 Å². The van der Waals surface area contributed by atoms with Gasteiger partial charge >= 0.3 is 23.9 Å². The molecule has 0 bridgehead atoms. The van der Waals surface area contributed by atoms with E-state index in [0.29, 0.717) is 19.3 Å². The minimum atomic E-state index is -1.92. The van der Waals surface area contributed by atoms with Crippen molar-refractivity contribution in [2.45, 2.75) is 302 Å². The van der Waals surface area contributed by atoms with E-state index in [-0.39, 0.29) is 25.9 Å². The van der Waals surface area contributed by atoms with Gasteiger partial charge < -0.3 is 39.0 Å². The molecule has 3 N–H and O–H groups in total. The Hall–Kier alpha value is -4.36. The SMILES string of the molecule is CC/C=C\C/C=C\C/C=C\C/C=C\C/C=C\C/C=C\CCC(=O)OCC(COC1OC(C(=O)O)C(O)C(O)C1OC(=O)CCCCCCCCCCCCCCCCC)OC(=O)CCCCCCCCC/C=C\C/C=C\CCCCC. The summed E-state index contributed by atoms with van der Waals surface area (Å²) in [5.74, 6) is -3.23. The summed E-state index contributed by atoms with van der Waals surface area (Å²) in [6.07, 6.45) is 62.3. The lowest BCUT2D eigenvalue weighted by Gasteiger charge is -2.40. The molecule has 0 amide bonds. The largest absolute Gasteiger partial charge is 0.479 e. The van der Waals surface area contributed by atoms with Crippen molar-refractivity contribution in [1.82, 2.24) is 0 Å². The number of unbranched alkanes of at least 4 members (excludes halogenated alkanes) is 24. The predicted molar refractivity (Wildman–Crippen MR) is 331 cm³/mol. The lowest BCUT2D eigenvalue weighted by molar-refractivity contribution is -0.301. The second-order valence-corrected chi connectivity index (χ2v) is 21.7. The van der Waals surface area contributed by atoms with Gasteiger partial charge in [0.15, 0.2) is 24.6 Å². The third-order valence-electron chi connectivity index (χ3n) is 14.2. The average Bonchev–Trinajstić information content (AvgIpc) is 3.53. The topological polar surface area (TPSA) is 175 Å². The third-order valence-corrected chi connectivity index (χ3v) is 14.2. The normalized spacial score (nSPS) is 18.4. The molecular formula is C69H114O12. The standard InChI is InChI=1S/C69H114O12/c1-4-7-10-13-16-19-22-25-28-30-31-33-35-37-40-43-46-49-52-55-61(70)77-58-60(79-62(71)56-53-50-47-44-41-39-36-32-29-26-23-20-17-14-11-8-5-2)59-78-69-67(65(74)64(73)66(81-69)68(75)76)80-63(72)57-54-51-48-45-42-38-34-27-24-21-18-15-12-9-6-3/h7,10,16-17,19-20,25-26,28-29,31,33,37,40,46,49,60,64-67,69,73-74H,4-6,8-9,11-15,18,21-24,27,30,32,34-36,38-39,41-45,47-48,50-59H2,1-3H3,(H,75,76)/b10-7-,19-16-,20-17-,28-25-,29-26-,33-31-,40-37-,49-46-. The number of allylic oxidation sites excluding steroid dienone is 16. The number of esters is 3. The number of aliphatic carboxylic acids is 1. The van der Waals surface area contributed by atoms with Crippen LogP contribution < -0.4 is 0 Å². The van der Waals surface area contributed by atoms with Crippen molar-refractivity contribution in [2.75, 3.05) is 13.2 Å². The Balaban J connectivity index is 2.72. The minimum absolute atomic E-state index is 0.0522. The van der Waals surface area contributed by atoms with Crippen molar-refractivity contribution in [1.29, 1.82) is 0 Å². The smallest absolute Gasteiger partial charge is 0.335 e. The van der Waals surface area contributed by atoms with Crippen LogP contribution in [-0.2, 0) is 42.9 Å². The summed E-state index contributed by atoms with van der Waals surface area (Å²) < 4.78 is 28.4. The predicted octanol–water partition coefficient (Wildman–Crippen LogP) is 17.2. The fraction of sp³-hybridized carbons (Fsp3) is 0.710. The van der Waals surface area contributed by atoms with Gasteiger partial charge in [0.2, 0.25) is 0 Å². The van der Waals surface area contributed by atoms with Crippen molar-refractivity contribution in [3.63, 3.8) is 0 Å². The van der Waals surface area contributed by atoms with Gasteiger partial charge in [0.25, 0.3) is 0 Å². The number of aliphatic hydroxyl groups is 2. The van der Waals surface area contributed by atoms with Gasteiger partial charge in [0, 0.05) is 19.3 Å². The zero-order chi connectivity index (χ0) is 58.9. The number of carbonyl (C=O) groups excluding carboxylic acids is 3. The quantitative estimate of drug-likeness (QED) is 0.0228. The van der Waals surface area contributed by atoms with Crippen LogP contribution in [0, 0.1) is 0 Å². The number of aliphatic hydroxyl groups excluding tert-OH is 2. The van der Waals surface area contributed by atoms with E-state index in [2.05, 4.69) is 106 Å². The number of carbonyl (C=O) groups is 4. The Kier molecular flexibility index (Phi) is 51.7. The molecule has 1 aliphatic heterocycles. The Morgan fingerprint density at radius 2 is 0.802 bits per heavy atom. The van der Waals surface area contributed by atoms with E-state index < -0.39 is 67.3 Å². The number of carboxylic acid groups (broad SMARTS) is 1. The number of hydrogen-bond acceptors (Lipinski definition) is 11. The molecule has 1 aliphatic rings. The van der Waals surface area contributed by atoms with Crippen LogP contribution in [0.5, 0.6) is 0 Å². The summed E-state index contributed by atoms with van der Waals surface area (Å²) in [5, 5.41) is 31.6. The molecule has 0 radical (unpaired) electrons. The van der Waals surface area contributed by atoms with Crippen LogP contribution in [0.2, 0.25) is 0 Å². The molecule has 81 heavy (non-hydrogen) atoms. The van der Waals surface area contributed by atoms with Gasteiger partial charge in [-0.2, -0.15) is 0 Å². The molecule has 1 saturated heterocycles. The molecule has 0 aromatic rings. The Labute approximate surface area is 492 Å². The lowest BCUT2D eigenvalue weighted by atomic mass is 9.98. The molecule has 0 aromatic carbocycles. The fourth-order valence-corrected chi connectivity index (χ4v) is 9.25. The van der Waals surface area contributed by atoms with E-state index in [9.17, 15) is 34.5 Å². The van der Waals surface area contributed by atoms with Gasteiger partial charge in [0.1, 0.15) is 18.8 Å². The highest BCUT2D eigenvalue weighted by molar-refractivity contribution is 5.74. The molecule has 1 rings (SSSR count). The van der Waals surface area contributed by atoms with Crippen LogP contribution in [0.15, 0.2) is 97.2 Å². The number of rotatable bonds is 54. The van der Waals surface area contributed by atoms with Crippen LogP contribution in [0.25, 0.3) is 0 Å². The van der Waals surface area contributed by atoms with Crippen molar-refractivity contribution < 1.29 is 58.2 Å². The van der Waals surface area contributed by atoms with Crippen LogP contribution in [0.3, 0.4) is 0 Å². The van der Waals surface area contributed by atoms with Gasteiger partial charge in [-0.15, -0.1) is 0 Å². The average molecular weight is 1140 g/mol. The minimum Gasteiger partial charge on any atom is -0.479 e. The highest BCUT2D eigenvalue weighted by Crippen LogP contribution is 2.26. The summed E-state index contributed by atoms with van der Waals surface area (Å²) in [6.45, 7) is 5.80. The van der Waals surface area contributed by atoms with Gasteiger partial charge in [-0.3, -0.25) is 14.4 Å². The van der Waals surface area contributed by atoms with Crippen molar-refractivity contribution in [2.24, 2.45) is 0 Å². The molecule has 1 heterocycles. The first-order valence-corrected chi connectivity index (χ1v) is 32.2. The Morgan fingerprint density at radius 1 is 0.420 bits per heavy atom. The van der Waals surface area contributed by atoms with Gasteiger partial charge in [-0.1, -0.05) is 253 Å². The van der Waals surface area contributed by atoms with Crippen LogP contribution in [-0.4, -0.2) is 89.2 Å². The molecule has 0 spiro atoms. The van der Waals surface area contributed by atoms with Gasteiger partial charge in [-0.25, -0.2) is 4.79 Å². The summed E-state index contributed by atoms with van der Waals surface area (Å²) in [7, 11) is 0. The second kappa shape index (κ2) is 56.1. The van der Waals surface area contributed by atoms with Crippen LogP contribution in [0.4, 0.5) is 0 Å². The first kappa shape index (κ1) is 74.7. The van der Waals surface area contributed by atoms with E-state index >= 15 is 0 Å². The maximum atomic E-state index is 13.2. The van der Waals surface area contributed by atoms with Crippen molar-refractivity contribution in [3.05, 3.63) is 97.2 Å². The van der Waals surface area contributed by atoms with Crippen LogP contribution >= 0.6 is 0 Å². The molecule has 0 saturated carbocycles. The van der Waals surface area contributed by atoms with E-state index in [1.165, 1.54) is 83.5 Å². The Bertz CT molecular complexity index is 1780. The molecule has 1 fully saturated rings. The third kappa shape index (κ3) is 45.8. The molecule has 6 atom stereocenters. The molecule has 462 valence electrons. The summed E-state index contributed by atoms with van der Waals surface area (Å²) in [4.78, 5) is 51.3. The van der Waals surface area contributed by atoms with Gasteiger partial charge in [0.05, 0.1) is 6.61 Å². The van der Waals surface area contributed by atoms with Crippen LogP contribution in [0.1, 0.15) is 265 Å². The highest BCUT2D eigenvalue weighted by atomic mass is 16.7. The summed E-state index contributed by atoms with van der Waals surface area (Å²) in [6, 6.07) is 0. The van der Waals surface area contributed by atoms with E-state index in [4.69, 9.17) is 23.7 Å².